The normalized spacial score (nSPS) is 13.8. The molecule has 1 aliphatic rings. The molecule has 0 aliphatic carbocycles. The highest BCUT2D eigenvalue weighted by molar-refractivity contribution is 5.85. The van der Waals surface area contributed by atoms with Crippen LogP contribution in [0, 0.1) is 0 Å². The minimum Gasteiger partial charge on any atom is -0.471 e. The quantitative estimate of drug-likeness (QED) is 0.600. The fourth-order valence-corrected chi connectivity index (χ4v) is 0.604. The molecule has 0 aromatic carbocycles. The van der Waals surface area contributed by atoms with Crippen molar-refractivity contribution in [3.8, 4) is 0 Å². The van der Waals surface area contributed by atoms with Crippen molar-refractivity contribution in [3.05, 3.63) is 0 Å². The lowest BCUT2D eigenvalue weighted by Crippen LogP contribution is -2.39. The summed E-state index contributed by atoms with van der Waals surface area (Å²) >= 11 is 0. The maximum Gasteiger partial charge on any atom is 0.292 e. The van der Waals surface area contributed by atoms with Gasteiger partial charge in [0.15, 0.2) is 0 Å². The first-order valence-electron chi connectivity index (χ1n) is 3.29. The van der Waals surface area contributed by atoms with E-state index in [2.05, 4.69) is 15.4 Å². The molecule has 0 bridgehead atoms. The van der Waals surface area contributed by atoms with Crippen molar-refractivity contribution in [2.45, 2.75) is 0 Å². The highest BCUT2D eigenvalue weighted by atomic mass is 35.5. The van der Waals surface area contributed by atoms with Gasteiger partial charge in [0.2, 0.25) is 0 Å². The van der Waals surface area contributed by atoms with E-state index in [9.17, 15) is 0 Å². The molecule has 1 saturated heterocycles. The molecule has 0 aromatic rings. The van der Waals surface area contributed by atoms with Gasteiger partial charge in [0, 0.05) is 26.2 Å². The van der Waals surface area contributed by atoms with E-state index < -0.39 is 0 Å². The molecule has 0 atom stereocenters. The molecular weight excluding hydrogens is 203 g/mol. The van der Waals surface area contributed by atoms with Crippen molar-refractivity contribution in [2.75, 3.05) is 33.3 Å². The van der Waals surface area contributed by atoms with Gasteiger partial charge < -0.3 is 15.4 Å². The molecule has 1 rings (SSSR count). The van der Waals surface area contributed by atoms with Crippen molar-refractivity contribution in [1.82, 2.24) is 10.6 Å². The summed E-state index contributed by atoms with van der Waals surface area (Å²) in [6.07, 6.45) is 0. The number of piperazine rings is 1. The van der Waals surface area contributed by atoms with Crippen LogP contribution in [0.2, 0.25) is 0 Å². The number of carbonyl (C=O) groups is 1. The van der Waals surface area contributed by atoms with Crippen LogP contribution in [-0.4, -0.2) is 39.8 Å². The minimum atomic E-state index is 0. The SMILES string of the molecule is C1CNCCN1.COC=O.Cl.Cl. The molecule has 0 radical (unpaired) electrons. The van der Waals surface area contributed by atoms with Crippen molar-refractivity contribution < 1.29 is 9.53 Å². The van der Waals surface area contributed by atoms with Gasteiger partial charge in [-0.25, -0.2) is 0 Å². The molecule has 0 amide bonds. The van der Waals surface area contributed by atoms with Gasteiger partial charge in [-0.05, 0) is 0 Å². The van der Waals surface area contributed by atoms with Crippen LogP contribution in [-0.2, 0) is 9.53 Å². The third kappa shape index (κ3) is 16.5. The van der Waals surface area contributed by atoms with Crippen LogP contribution >= 0.6 is 24.8 Å². The summed E-state index contributed by atoms with van der Waals surface area (Å²) in [7, 11) is 1.31. The average Bonchev–Trinajstić information content (AvgIpc) is 2.08. The van der Waals surface area contributed by atoms with E-state index in [1.54, 1.807) is 0 Å². The van der Waals surface area contributed by atoms with Crippen molar-refractivity contribution in [2.24, 2.45) is 0 Å². The number of nitrogens with one attached hydrogen (secondary N) is 2. The van der Waals surface area contributed by atoms with Crippen LogP contribution in [0.25, 0.3) is 0 Å². The van der Waals surface area contributed by atoms with Gasteiger partial charge in [0.25, 0.3) is 6.47 Å². The Bertz CT molecular complexity index is 70.4. The predicted molar refractivity (Wildman–Crippen MR) is 53.3 cm³/mol. The van der Waals surface area contributed by atoms with E-state index in [0.29, 0.717) is 6.47 Å². The molecule has 1 fully saturated rings. The number of hydrogen-bond acceptors (Lipinski definition) is 4. The average molecular weight is 219 g/mol. The Balaban J connectivity index is -0.000000124. The van der Waals surface area contributed by atoms with E-state index in [0.717, 1.165) is 26.2 Å². The van der Waals surface area contributed by atoms with Gasteiger partial charge in [-0.1, -0.05) is 0 Å². The molecular formula is C6H16Cl2N2O2. The van der Waals surface area contributed by atoms with Gasteiger partial charge in [0.05, 0.1) is 7.11 Å². The lowest BCUT2D eigenvalue weighted by Gasteiger charge is -2.11. The number of rotatable bonds is 1. The molecule has 12 heavy (non-hydrogen) atoms. The zero-order valence-electron chi connectivity index (χ0n) is 7.04. The molecule has 1 aliphatic heterocycles. The monoisotopic (exact) mass is 218 g/mol. The maximum absolute atomic E-state index is 8.95. The third-order valence-corrected chi connectivity index (χ3v) is 1.05. The summed E-state index contributed by atoms with van der Waals surface area (Å²) in [5.41, 5.74) is 0. The summed E-state index contributed by atoms with van der Waals surface area (Å²) in [5.74, 6) is 0. The van der Waals surface area contributed by atoms with Crippen LogP contribution in [0.1, 0.15) is 0 Å². The van der Waals surface area contributed by atoms with Crippen LogP contribution in [0.15, 0.2) is 0 Å². The van der Waals surface area contributed by atoms with Crippen LogP contribution in [0.4, 0.5) is 0 Å². The molecule has 6 heteroatoms. The number of carbonyl (C=O) groups excluding carboxylic acids is 1. The van der Waals surface area contributed by atoms with Gasteiger partial charge in [-0.2, -0.15) is 0 Å². The lowest BCUT2D eigenvalue weighted by molar-refractivity contribution is -0.126. The highest BCUT2D eigenvalue weighted by Crippen LogP contribution is 1.65. The summed E-state index contributed by atoms with van der Waals surface area (Å²) < 4.78 is 3.86. The molecule has 76 valence electrons. The van der Waals surface area contributed by atoms with Gasteiger partial charge in [0.1, 0.15) is 0 Å². The molecule has 0 unspecified atom stereocenters. The van der Waals surface area contributed by atoms with Crippen molar-refractivity contribution >= 4 is 31.3 Å². The minimum absolute atomic E-state index is 0. The van der Waals surface area contributed by atoms with Gasteiger partial charge in [-0.15, -0.1) is 24.8 Å². The second-order valence-electron chi connectivity index (χ2n) is 1.83. The fourth-order valence-electron chi connectivity index (χ4n) is 0.604. The van der Waals surface area contributed by atoms with E-state index in [-0.39, 0.29) is 24.8 Å². The molecule has 0 saturated carbocycles. The molecule has 4 nitrogen and oxygen atoms in total. The van der Waals surface area contributed by atoms with E-state index in [4.69, 9.17) is 4.79 Å². The number of halogens is 2. The summed E-state index contributed by atoms with van der Waals surface area (Å²) in [5, 5.41) is 6.44. The van der Waals surface area contributed by atoms with Gasteiger partial charge in [-0.3, -0.25) is 4.79 Å². The Labute approximate surface area is 85.2 Å². The Kier molecular flexibility index (Phi) is 25.6. The maximum atomic E-state index is 8.95. The van der Waals surface area contributed by atoms with E-state index in [1.165, 1.54) is 7.11 Å². The second kappa shape index (κ2) is 17.2. The predicted octanol–water partition coefficient (Wildman–Crippen LogP) is -0.188. The second-order valence-corrected chi connectivity index (χ2v) is 1.83. The topological polar surface area (TPSA) is 50.4 Å². The van der Waals surface area contributed by atoms with Crippen LogP contribution in [0.5, 0.6) is 0 Å². The first-order valence-corrected chi connectivity index (χ1v) is 3.29. The van der Waals surface area contributed by atoms with Crippen molar-refractivity contribution in [3.63, 3.8) is 0 Å². The van der Waals surface area contributed by atoms with E-state index in [1.807, 2.05) is 0 Å². The molecule has 2 N–H and O–H groups in total. The summed E-state index contributed by atoms with van der Waals surface area (Å²) in [4.78, 5) is 8.95. The summed E-state index contributed by atoms with van der Waals surface area (Å²) in [6.45, 7) is 4.93. The Hall–Kier alpha value is -0.0300. The zero-order valence-corrected chi connectivity index (χ0v) is 8.67. The molecule has 0 spiro atoms. The Morgan fingerprint density at radius 1 is 1.08 bits per heavy atom. The molecule has 0 aromatic heterocycles. The van der Waals surface area contributed by atoms with Crippen molar-refractivity contribution in [1.29, 1.82) is 0 Å². The Morgan fingerprint density at radius 3 is 1.42 bits per heavy atom. The Morgan fingerprint density at radius 2 is 1.33 bits per heavy atom. The third-order valence-electron chi connectivity index (χ3n) is 1.05. The van der Waals surface area contributed by atoms with E-state index >= 15 is 0 Å². The number of ether oxygens (including phenoxy) is 1. The largest absolute Gasteiger partial charge is 0.471 e. The smallest absolute Gasteiger partial charge is 0.292 e. The first-order chi connectivity index (χ1) is 4.91. The number of hydrogen-bond donors (Lipinski definition) is 2. The first kappa shape index (κ1) is 17.9. The fraction of sp³-hybridized carbons (Fsp3) is 0.833. The lowest BCUT2D eigenvalue weighted by atomic mass is 10.4. The van der Waals surface area contributed by atoms with Gasteiger partial charge >= 0.3 is 0 Å². The summed E-state index contributed by atoms with van der Waals surface area (Å²) in [6, 6.07) is 0. The highest BCUT2D eigenvalue weighted by Gasteiger charge is 1.91. The van der Waals surface area contributed by atoms with Crippen LogP contribution < -0.4 is 10.6 Å². The zero-order chi connectivity index (χ0) is 7.66. The number of methoxy groups -OCH3 is 1. The van der Waals surface area contributed by atoms with Crippen LogP contribution in [0.3, 0.4) is 0 Å². The standard InChI is InChI=1S/C4H10N2.C2H4O2.2ClH/c1-2-6-4-3-5-1;1-4-2-3;;/h5-6H,1-4H2;2H,1H3;2*1H. The molecule has 1 heterocycles.